The maximum Gasteiger partial charge on any atom is 0.167 e. The first-order chi connectivity index (χ1) is 35.9. The van der Waals surface area contributed by atoms with E-state index in [1.54, 1.807) is 0 Å². The molecular formula is C58H121N8O8P. The lowest BCUT2D eigenvalue weighted by atomic mass is 10.1. The van der Waals surface area contributed by atoms with Crippen molar-refractivity contribution in [3.8, 4) is 0 Å². The van der Waals surface area contributed by atoms with Crippen molar-refractivity contribution in [2.75, 3.05) is 90.9 Å². The molecule has 2 aromatic heterocycles. The SMILES string of the molecule is CCCC[N+](CCCC)(CCCC)CCCC.CCCC[N+](CCCC)(CCCC)CCCC.CCCC[N+](CCCC)(CCCC)CCCC.Nc1ncnc2c1ncn2[C@@H]1O[C@H](CO)[C@@H](O)[C@H]1O.O=P([O-])([O-])[O-]. The fourth-order valence-corrected chi connectivity index (χ4v) is 10.1. The summed E-state index contributed by atoms with van der Waals surface area (Å²) < 4.78 is 19.7. The molecular weight excluding hydrogens is 968 g/mol. The number of rotatable bonds is 38. The van der Waals surface area contributed by atoms with Gasteiger partial charge >= 0.3 is 0 Å². The summed E-state index contributed by atoms with van der Waals surface area (Å²) in [6.45, 7) is 44.7. The molecule has 4 atom stereocenters. The van der Waals surface area contributed by atoms with Crippen LogP contribution in [0.25, 0.3) is 11.2 Å². The average molecular weight is 1090 g/mol. The number of nitrogens with zero attached hydrogens (tertiary/aromatic N) is 7. The summed E-state index contributed by atoms with van der Waals surface area (Å²) in [5, 5.41) is 28.7. The van der Waals surface area contributed by atoms with Crippen molar-refractivity contribution >= 4 is 24.8 Å². The summed E-state index contributed by atoms with van der Waals surface area (Å²) in [7, 11) is -5.39. The van der Waals surface area contributed by atoms with E-state index in [0.29, 0.717) is 11.2 Å². The third kappa shape index (κ3) is 33.4. The second-order valence-electron chi connectivity index (χ2n) is 21.7. The number of aliphatic hydroxyl groups excluding tert-OH is 3. The van der Waals surface area contributed by atoms with Crippen LogP contribution in [0.3, 0.4) is 0 Å². The van der Waals surface area contributed by atoms with Crippen LogP contribution in [0.1, 0.15) is 243 Å². The Kier molecular flexibility index (Phi) is 46.1. The number of aliphatic hydroxyl groups is 3. The van der Waals surface area contributed by atoms with E-state index in [0.717, 1.165) is 0 Å². The molecule has 75 heavy (non-hydrogen) atoms. The molecule has 0 unspecified atom stereocenters. The number of hydrogen-bond donors (Lipinski definition) is 4. The highest BCUT2D eigenvalue weighted by atomic mass is 31.2. The molecule has 1 aliphatic rings. The van der Waals surface area contributed by atoms with E-state index in [1.807, 2.05) is 0 Å². The fourth-order valence-electron chi connectivity index (χ4n) is 10.1. The topological polar surface area (TPSA) is 226 Å². The van der Waals surface area contributed by atoms with Crippen molar-refractivity contribution in [2.45, 2.75) is 262 Å². The number of ether oxygens (including phenoxy) is 1. The molecule has 0 spiro atoms. The van der Waals surface area contributed by atoms with Gasteiger partial charge in [-0.2, -0.15) is 7.82 Å². The maximum absolute atomic E-state index is 9.95. The van der Waals surface area contributed by atoms with Crippen LogP contribution in [0.5, 0.6) is 0 Å². The van der Waals surface area contributed by atoms with Gasteiger partial charge in [0.05, 0.1) is 91.5 Å². The van der Waals surface area contributed by atoms with Gasteiger partial charge in [-0.1, -0.05) is 160 Å². The Morgan fingerprint density at radius 2 is 0.747 bits per heavy atom. The Morgan fingerprint density at radius 3 is 0.960 bits per heavy atom. The summed E-state index contributed by atoms with van der Waals surface area (Å²) in [6, 6.07) is 0. The Hall–Kier alpha value is -1.82. The van der Waals surface area contributed by atoms with Gasteiger partial charge in [-0.15, -0.1) is 0 Å². The average Bonchev–Trinajstić information content (AvgIpc) is 3.97. The lowest BCUT2D eigenvalue weighted by Crippen LogP contribution is -2.50. The van der Waals surface area contributed by atoms with Crippen LogP contribution >= 0.6 is 7.82 Å². The van der Waals surface area contributed by atoms with E-state index in [4.69, 9.17) is 34.8 Å². The summed E-state index contributed by atoms with van der Waals surface area (Å²) in [6.07, 6.45) is 31.8. The highest BCUT2D eigenvalue weighted by molar-refractivity contribution is 7.40. The minimum absolute atomic E-state index is 0.218. The molecule has 17 heteroatoms. The number of nitrogen functional groups attached to an aromatic ring is 1. The zero-order valence-electron chi connectivity index (χ0n) is 50.7. The van der Waals surface area contributed by atoms with Gasteiger partial charge in [-0.05, 0) is 77.0 Å². The number of hydrogen-bond acceptors (Lipinski definition) is 12. The molecule has 3 rings (SSSR count). The molecule has 0 radical (unpaired) electrons. The molecule has 2 aromatic rings. The second kappa shape index (κ2) is 46.0. The van der Waals surface area contributed by atoms with E-state index >= 15 is 0 Å². The summed E-state index contributed by atoms with van der Waals surface area (Å²) in [5.41, 5.74) is 6.44. The number of unbranched alkanes of at least 4 members (excludes halogenated alkanes) is 12. The number of phosphoric acid groups is 1. The molecule has 0 bridgehead atoms. The number of nitrogens with two attached hydrogens (primary N) is 1. The van der Waals surface area contributed by atoms with Crippen LogP contribution in [0.2, 0.25) is 0 Å². The molecule has 16 nitrogen and oxygen atoms in total. The monoisotopic (exact) mass is 1090 g/mol. The van der Waals surface area contributed by atoms with Gasteiger partial charge in [-0.3, -0.25) is 4.57 Å². The minimum atomic E-state index is -5.39. The second-order valence-corrected chi connectivity index (χ2v) is 22.6. The molecule has 3 heterocycles. The van der Waals surface area contributed by atoms with Crippen LogP contribution in [0, 0.1) is 0 Å². The van der Waals surface area contributed by atoms with E-state index in [9.17, 15) is 10.2 Å². The summed E-state index contributed by atoms with van der Waals surface area (Å²) >= 11 is 0. The molecule has 1 fully saturated rings. The highest BCUT2D eigenvalue weighted by Gasteiger charge is 2.44. The summed E-state index contributed by atoms with van der Waals surface area (Å²) in [4.78, 5) is 37.5. The molecule has 1 saturated heterocycles. The molecule has 1 aliphatic heterocycles. The first kappa shape index (κ1) is 75.3. The molecule has 5 N–H and O–H groups in total. The molecule has 0 amide bonds. The van der Waals surface area contributed by atoms with E-state index in [-0.39, 0.29) is 5.82 Å². The number of imidazole rings is 1. The van der Waals surface area contributed by atoms with Crippen LogP contribution in [-0.4, -0.2) is 152 Å². The van der Waals surface area contributed by atoms with Gasteiger partial charge in [0, 0.05) is 0 Å². The van der Waals surface area contributed by atoms with Gasteiger partial charge < -0.3 is 58.5 Å². The van der Waals surface area contributed by atoms with Crippen LogP contribution < -0.4 is 20.4 Å². The van der Waals surface area contributed by atoms with Gasteiger partial charge in [0.25, 0.3) is 0 Å². The Morgan fingerprint density at radius 1 is 0.493 bits per heavy atom. The van der Waals surface area contributed by atoms with Crippen molar-refractivity contribution < 1.29 is 52.8 Å². The normalized spacial score (nSPS) is 16.8. The number of fused-ring (bicyclic) bond motifs is 1. The third-order valence-corrected chi connectivity index (χ3v) is 15.0. The largest absolute Gasteiger partial charge is 0.822 e. The maximum atomic E-state index is 9.95. The Labute approximate surface area is 460 Å². The van der Waals surface area contributed by atoms with Gasteiger partial charge in [0.1, 0.15) is 30.2 Å². The standard InChI is InChI=1S/3C16H36N.C10H13N5O4.H3O4P/c3*1-5-9-13-17(14-10-6-2,15-11-7-3)16-12-8-4;11-8-5-9(13-2-12-8)15(3-14-5)10-7(18)6(17)4(1-16)19-10;1-5(2,3)4/h3*5-16H2,1-4H3;2-4,6-7,10,16-18H,1H2,(H2,11,12,13);(H3,1,2,3,4)/q3*+1;;/p-3/t;;;4-,6-,7-,10-;/m...1./s1. The number of quaternary nitrogens is 3. The van der Waals surface area contributed by atoms with E-state index in [1.165, 1.54) is 263 Å². The first-order valence-electron chi connectivity index (χ1n) is 30.7. The van der Waals surface area contributed by atoms with E-state index < -0.39 is 39.0 Å². The predicted octanol–water partition coefficient (Wildman–Crippen LogP) is 10.2. The lowest BCUT2D eigenvalue weighted by molar-refractivity contribution is -0.929. The first-order valence-corrected chi connectivity index (χ1v) is 32.2. The zero-order chi connectivity index (χ0) is 57.0. The quantitative estimate of drug-likeness (QED) is 0.0364. The Bertz CT molecular complexity index is 1430. The summed E-state index contributed by atoms with van der Waals surface area (Å²) in [5.74, 6) is 0.218. The van der Waals surface area contributed by atoms with Gasteiger partial charge in [-0.25, -0.2) is 15.0 Å². The van der Waals surface area contributed by atoms with Crippen LogP contribution in [0.4, 0.5) is 5.82 Å². The zero-order valence-corrected chi connectivity index (χ0v) is 51.6. The lowest BCUT2D eigenvalue weighted by Gasteiger charge is -2.39. The smallest absolute Gasteiger partial charge is 0.167 e. The van der Waals surface area contributed by atoms with Crippen molar-refractivity contribution in [3.63, 3.8) is 0 Å². The van der Waals surface area contributed by atoms with Gasteiger partial charge in [0.15, 0.2) is 17.7 Å². The predicted molar refractivity (Wildman–Crippen MR) is 308 cm³/mol. The molecule has 0 saturated carbocycles. The fraction of sp³-hybridized carbons (Fsp3) is 0.914. The third-order valence-electron chi connectivity index (χ3n) is 15.0. The van der Waals surface area contributed by atoms with Crippen LogP contribution in [0.15, 0.2) is 12.7 Å². The molecule has 446 valence electrons. The highest BCUT2D eigenvalue weighted by Crippen LogP contribution is 2.32. The van der Waals surface area contributed by atoms with Crippen molar-refractivity contribution in [1.82, 2.24) is 19.5 Å². The molecule has 0 aromatic carbocycles. The van der Waals surface area contributed by atoms with Crippen molar-refractivity contribution in [1.29, 1.82) is 0 Å². The van der Waals surface area contributed by atoms with E-state index in [2.05, 4.69) is 98.0 Å². The number of aromatic nitrogens is 4. The molecule has 0 aliphatic carbocycles. The van der Waals surface area contributed by atoms with Gasteiger partial charge in [0.2, 0.25) is 0 Å². The number of anilines is 1. The Balaban J connectivity index is 0. The van der Waals surface area contributed by atoms with Crippen LogP contribution in [-0.2, 0) is 9.30 Å². The van der Waals surface area contributed by atoms with Crippen molar-refractivity contribution in [3.05, 3.63) is 12.7 Å². The minimum Gasteiger partial charge on any atom is -0.822 e. The van der Waals surface area contributed by atoms with Crippen molar-refractivity contribution in [2.24, 2.45) is 0 Å².